The molecule has 0 radical (unpaired) electrons. The first-order valence-corrected chi connectivity index (χ1v) is 4.96. The quantitative estimate of drug-likeness (QED) is 0.513. The van der Waals surface area contributed by atoms with E-state index in [0.717, 1.165) is 24.8 Å². The third-order valence-electron chi connectivity index (χ3n) is 1.80. The van der Waals surface area contributed by atoms with Crippen LogP contribution in [-0.2, 0) is 0 Å². The van der Waals surface area contributed by atoms with Crippen molar-refractivity contribution in [1.82, 2.24) is 0 Å². The number of nitroso groups, excluding NO2 is 1. The molecule has 0 fully saturated rings. The number of hydrogen-bond acceptors (Lipinski definition) is 3. The smallest absolute Gasteiger partial charge is 0.140 e. The maximum atomic E-state index is 10.4. The van der Waals surface area contributed by atoms with E-state index in [1.54, 1.807) is 6.08 Å². The number of halogens is 1. The topological polar surface area (TPSA) is 41.8 Å². The molecule has 1 rings (SSSR count). The van der Waals surface area contributed by atoms with Crippen molar-refractivity contribution in [2.24, 2.45) is 10.2 Å². The second-order valence-corrected chi connectivity index (χ2v) is 3.71. The van der Waals surface area contributed by atoms with Gasteiger partial charge in [0.2, 0.25) is 0 Å². The molecule has 0 amide bonds. The van der Waals surface area contributed by atoms with Gasteiger partial charge in [-0.1, -0.05) is 5.57 Å². The van der Waals surface area contributed by atoms with Crippen molar-refractivity contribution in [1.29, 1.82) is 0 Å². The van der Waals surface area contributed by atoms with E-state index in [2.05, 4.69) is 26.1 Å². The predicted molar refractivity (Wildman–Crippen MR) is 57.8 cm³/mol. The van der Waals surface area contributed by atoms with Crippen molar-refractivity contribution in [2.75, 3.05) is 0 Å². The molecule has 70 valence electrons. The minimum absolute atomic E-state index is 0.371. The highest BCUT2D eigenvalue weighted by Gasteiger charge is 2.03. The van der Waals surface area contributed by atoms with Gasteiger partial charge in [-0.15, -0.1) is 4.91 Å². The largest absolute Gasteiger partial charge is 0.251 e. The minimum Gasteiger partial charge on any atom is -0.251 e. The van der Waals surface area contributed by atoms with Gasteiger partial charge >= 0.3 is 0 Å². The first-order valence-electron chi connectivity index (χ1n) is 4.17. The fourth-order valence-corrected chi connectivity index (χ4v) is 1.44. The molecule has 1 heterocycles. The van der Waals surface area contributed by atoms with Crippen molar-refractivity contribution in [2.45, 2.75) is 26.2 Å². The lowest BCUT2D eigenvalue weighted by Crippen LogP contribution is -1.79. The van der Waals surface area contributed by atoms with Gasteiger partial charge in [0.25, 0.3) is 0 Å². The van der Waals surface area contributed by atoms with Crippen LogP contribution in [0.4, 0.5) is 0 Å². The van der Waals surface area contributed by atoms with E-state index in [4.69, 9.17) is 0 Å². The summed E-state index contributed by atoms with van der Waals surface area (Å²) in [7, 11) is 0. The minimum atomic E-state index is 0.371. The Hall–Kier alpha value is -0.770. The number of hydrogen-bond donors (Lipinski definition) is 0. The van der Waals surface area contributed by atoms with E-state index in [0.29, 0.717) is 10.3 Å². The van der Waals surface area contributed by atoms with Crippen LogP contribution < -0.4 is 0 Å². The highest BCUT2D eigenvalue weighted by atomic mass is 79.9. The zero-order valence-corrected chi connectivity index (χ0v) is 9.04. The number of nitrogens with zero attached hydrogens (tertiary/aromatic N) is 2. The Morgan fingerprint density at radius 3 is 3.08 bits per heavy atom. The summed E-state index contributed by atoms with van der Waals surface area (Å²) in [4.78, 5) is 14.5. The Morgan fingerprint density at radius 1 is 1.62 bits per heavy atom. The maximum absolute atomic E-state index is 10.4. The van der Waals surface area contributed by atoms with Crippen LogP contribution in [0.5, 0.6) is 0 Å². The Morgan fingerprint density at radius 2 is 2.38 bits per heavy atom. The van der Waals surface area contributed by atoms with Gasteiger partial charge < -0.3 is 0 Å². The number of aliphatic imine (C=N–C) groups is 1. The standard InChI is InChI=1S/C9H11BrN2O/c1-7-4-2-3-5-11-9(10)8(6-7)12-13/h5-6H,2-4H2,1H3/b7-6-,9-8+,11-5-. The maximum Gasteiger partial charge on any atom is 0.140 e. The van der Waals surface area contributed by atoms with Gasteiger partial charge in [-0.25, -0.2) is 0 Å². The molecular formula is C9H11BrN2O. The molecule has 0 bridgehead atoms. The lowest BCUT2D eigenvalue weighted by molar-refractivity contribution is 0.862. The lowest BCUT2D eigenvalue weighted by atomic mass is 10.1. The molecule has 0 saturated carbocycles. The number of allylic oxidation sites excluding steroid dienone is 2. The molecule has 0 aromatic rings. The van der Waals surface area contributed by atoms with Crippen LogP contribution in [0.2, 0.25) is 0 Å². The Kier molecular flexibility index (Phi) is 4.02. The average molecular weight is 243 g/mol. The first-order chi connectivity index (χ1) is 6.24. The molecule has 0 aromatic heterocycles. The molecule has 0 aliphatic carbocycles. The Labute approximate surface area is 85.7 Å². The molecular weight excluding hydrogens is 232 g/mol. The van der Waals surface area contributed by atoms with Gasteiger partial charge in [0, 0.05) is 6.21 Å². The zero-order chi connectivity index (χ0) is 9.68. The summed E-state index contributed by atoms with van der Waals surface area (Å²) in [5.74, 6) is 0. The summed E-state index contributed by atoms with van der Waals surface area (Å²) in [6.07, 6.45) is 6.58. The van der Waals surface area contributed by atoms with Crippen LogP contribution in [0.1, 0.15) is 26.2 Å². The Bertz CT molecular complexity index is 292. The summed E-state index contributed by atoms with van der Waals surface area (Å²) >= 11 is 3.21. The summed E-state index contributed by atoms with van der Waals surface area (Å²) in [5.41, 5.74) is 1.53. The van der Waals surface area contributed by atoms with Crippen LogP contribution in [-0.4, -0.2) is 6.21 Å². The summed E-state index contributed by atoms with van der Waals surface area (Å²) in [6, 6.07) is 0. The average Bonchev–Trinajstić information content (AvgIpc) is 2.19. The summed E-state index contributed by atoms with van der Waals surface area (Å²) in [6.45, 7) is 2.00. The van der Waals surface area contributed by atoms with Crippen molar-refractivity contribution in [3.05, 3.63) is 26.9 Å². The van der Waals surface area contributed by atoms with Crippen LogP contribution in [0.25, 0.3) is 0 Å². The fraction of sp³-hybridized carbons (Fsp3) is 0.444. The predicted octanol–water partition coefficient (Wildman–Crippen LogP) is 3.52. The second-order valence-electron chi connectivity index (χ2n) is 2.96. The lowest BCUT2D eigenvalue weighted by Gasteiger charge is -1.96. The molecule has 0 N–H and O–H groups in total. The van der Waals surface area contributed by atoms with Crippen molar-refractivity contribution in [3.8, 4) is 0 Å². The van der Waals surface area contributed by atoms with Crippen LogP contribution in [0, 0.1) is 4.91 Å². The van der Waals surface area contributed by atoms with Gasteiger partial charge in [-0.3, -0.25) is 4.99 Å². The van der Waals surface area contributed by atoms with E-state index in [9.17, 15) is 4.91 Å². The molecule has 3 nitrogen and oxygen atoms in total. The van der Waals surface area contributed by atoms with E-state index in [-0.39, 0.29) is 0 Å². The van der Waals surface area contributed by atoms with Crippen molar-refractivity contribution < 1.29 is 0 Å². The molecule has 0 saturated heterocycles. The van der Waals surface area contributed by atoms with E-state index in [1.807, 2.05) is 13.1 Å². The fourth-order valence-electron chi connectivity index (χ4n) is 1.11. The summed E-state index contributed by atoms with van der Waals surface area (Å²) in [5, 5.41) is 2.91. The second kappa shape index (κ2) is 5.07. The molecule has 1 aliphatic heterocycles. The molecule has 1 aliphatic rings. The Balaban J connectivity index is 3.02. The molecule has 0 spiro atoms. The normalized spacial score (nSPS) is 30.8. The SMILES string of the molecule is C/C1=C/C(N=O)=C(Br)\N=C/CCC1. The zero-order valence-electron chi connectivity index (χ0n) is 7.46. The molecule has 4 heteroatoms. The summed E-state index contributed by atoms with van der Waals surface area (Å²) < 4.78 is 0.517. The molecule has 0 atom stereocenters. The molecule has 13 heavy (non-hydrogen) atoms. The monoisotopic (exact) mass is 242 g/mol. The van der Waals surface area contributed by atoms with Crippen LogP contribution in [0.15, 0.2) is 32.1 Å². The van der Waals surface area contributed by atoms with Gasteiger partial charge in [-0.05, 0) is 53.4 Å². The van der Waals surface area contributed by atoms with E-state index >= 15 is 0 Å². The van der Waals surface area contributed by atoms with Crippen LogP contribution >= 0.6 is 15.9 Å². The van der Waals surface area contributed by atoms with E-state index in [1.165, 1.54) is 0 Å². The highest BCUT2D eigenvalue weighted by molar-refractivity contribution is 9.11. The van der Waals surface area contributed by atoms with Gasteiger partial charge in [0.1, 0.15) is 10.3 Å². The van der Waals surface area contributed by atoms with Crippen LogP contribution in [0.3, 0.4) is 0 Å². The van der Waals surface area contributed by atoms with Gasteiger partial charge in [0.15, 0.2) is 0 Å². The van der Waals surface area contributed by atoms with Crippen molar-refractivity contribution in [3.63, 3.8) is 0 Å². The first kappa shape index (κ1) is 10.3. The highest BCUT2D eigenvalue weighted by Crippen LogP contribution is 2.20. The van der Waals surface area contributed by atoms with Crippen molar-refractivity contribution >= 4 is 22.1 Å². The molecule has 0 unspecified atom stereocenters. The van der Waals surface area contributed by atoms with Gasteiger partial charge in [-0.2, -0.15) is 0 Å². The third-order valence-corrected chi connectivity index (χ3v) is 2.41. The third kappa shape index (κ3) is 3.22. The molecule has 0 aromatic carbocycles. The van der Waals surface area contributed by atoms with E-state index < -0.39 is 0 Å². The van der Waals surface area contributed by atoms with Gasteiger partial charge in [0.05, 0.1) is 0 Å². The number of rotatable bonds is 1.